The van der Waals surface area contributed by atoms with Gasteiger partial charge in [0.15, 0.2) is 0 Å². The average Bonchev–Trinajstić information content (AvgIpc) is 3.04. The second-order valence-electron chi connectivity index (χ2n) is 7.51. The molecule has 2 fully saturated rings. The van der Waals surface area contributed by atoms with Gasteiger partial charge in [-0.1, -0.05) is 29.8 Å². The van der Waals surface area contributed by atoms with Crippen molar-refractivity contribution < 1.29 is 19.1 Å². The zero-order chi connectivity index (χ0) is 19.4. The van der Waals surface area contributed by atoms with E-state index in [1.807, 2.05) is 36.1 Å². The molecule has 2 amide bonds. The number of carbonyl (C=O) groups excluding carboxylic acids is 3. The molecule has 1 atom stereocenters. The Labute approximate surface area is 160 Å². The van der Waals surface area contributed by atoms with Gasteiger partial charge in [-0.2, -0.15) is 0 Å². The van der Waals surface area contributed by atoms with Crippen molar-refractivity contribution in [3.05, 3.63) is 35.4 Å². The fourth-order valence-corrected chi connectivity index (χ4v) is 3.86. The number of ether oxygens (including phenoxy) is 1. The number of piperidine rings is 1. The Morgan fingerprint density at radius 3 is 2.41 bits per heavy atom. The Morgan fingerprint density at radius 1 is 1.11 bits per heavy atom. The molecular weight excluding hydrogens is 344 g/mol. The highest BCUT2D eigenvalue weighted by molar-refractivity contribution is 5.89. The summed E-state index contributed by atoms with van der Waals surface area (Å²) in [5, 5.41) is 0. The normalized spacial score (nSPS) is 20.8. The molecule has 146 valence electrons. The van der Waals surface area contributed by atoms with E-state index in [2.05, 4.69) is 0 Å². The van der Waals surface area contributed by atoms with Gasteiger partial charge in [0.25, 0.3) is 0 Å². The molecule has 0 radical (unpaired) electrons. The summed E-state index contributed by atoms with van der Waals surface area (Å²) in [4.78, 5) is 40.6. The third-order valence-corrected chi connectivity index (χ3v) is 5.48. The maximum atomic E-state index is 12.8. The van der Waals surface area contributed by atoms with Crippen molar-refractivity contribution in [2.24, 2.45) is 11.8 Å². The molecule has 1 aromatic carbocycles. The summed E-state index contributed by atoms with van der Waals surface area (Å²) in [6, 6.07) is 8.12. The molecule has 0 saturated carbocycles. The monoisotopic (exact) mass is 372 g/mol. The summed E-state index contributed by atoms with van der Waals surface area (Å²) in [5.74, 6) is -0.475. The quantitative estimate of drug-likeness (QED) is 0.743. The number of aryl methyl sites for hydroxylation is 1. The zero-order valence-electron chi connectivity index (χ0n) is 16.1. The van der Waals surface area contributed by atoms with E-state index in [9.17, 15) is 14.4 Å². The first-order valence-electron chi connectivity index (χ1n) is 9.76. The van der Waals surface area contributed by atoms with Crippen LogP contribution in [0, 0.1) is 18.8 Å². The smallest absolute Gasteiger partial charge is 0.309 e. The molecule has 6 nitrogen and oxygen atoms in total. The van der Waals surface area contributed by atoms with E-state index in [1.54, 1.807) is 11.8 Å². The number of hydrogen-bond acceptors (Lipinski definition) is 4. The minimum Gasteiger partial charge on any atom is -0.466 e. The highest BCUT2D eigenvalue weighted by Gasteiger charge is 2.38. The molecule has 0 bridgehead atoms. The number of rotatable bonds is 5. The standard InChI is InChI=1S/C21H28N2O4/c1-3-27-21(26)17-8-10-22(11-9-17)20(25)18-12-19(24)23(14-18)13-16-6-4-15(2)5-7-16/h4-7,17-18H,3,8-14H2,1-2H3. The zero-order valence-corrected chi connectivity index (χ0v) is 16.1. The lowest BCUT2D eigenvalue weighted by molar-refractivity contribution is -0.151. The topological polar surface area (TPSA) is 66.9 Å². The highest BCUT2D eigenvalue weighted by Crippen LogP contribution is 2.25. The van der Waals surface area contributed by atoms with E-state index in [-0.39, 0.29) is 36.0 Å². The molecule has 0 spiro atoms. The molecule has 27 heavy (non-hydrogen) atoms. The van der Waals surface area contributed by atoms with E-state index >= 15 is 0 Å². The van der Waals surface area contributed by atoms with Gasteiger partial charge in [0.1, 0.15) is 0 Å². The van der Waals surface area contributed by atoms with Crippen molar-refractivity contribution in [3.8, 4) is 0 Å². The molecular formula is C21H28N2O4. The fraction of sp³-hybridized carbons (Fsp3) is 0.571. The van der Waals surface area contributed by atoms with E-state index in [4.69, 9.17) is 4.74 Å². The van der Waals surface area contributed by atoms with Crippen LogP contribution in [-0.2, 0) is 25.7 Å². The van der Waals surface area contributed by atoms with Gasteiger partial charge in [0.2, 0.25) is 11.8 Å². The Hall–Kier alpha value is -2.37. The molecule has 0 aromatic heterocycles. The van der Waals surface area contributed by atoms with Crippen molar-refractivity contribution in [1.82, 2.24) is 9.80 Å². The van der Waals surface area contributed by atoms with Crippen LogP contribution in [-0.4, -0.2) is 53.8 Å². The van der Waals surface area contributed by atoms with Gasteiger partial charge in [0.05, 0.1) is 18.4 Å². The second-order valence-corrected chi connectivity index (χ2v) is 7.51. The number of nitrogens with zero attached hydrogens (tertiary/aromatic N) is 2. The van der Waals surface area contributed by atoms with E-state index in [0.717, 1.165) is 5.56 Å². The Kier molecular flexibility index (Phi) is 6.14. The first kappa shape index (κ1) is 19.4. The summed E-state index contributed by atoms with van der Waals surface area (Å²) in [7, 11) is 0. The molecule has 2 aliphatic heterocycles. The number of likely N-dealkylation sites (tertiary alicyclic amines) is 2. The van der Waals surface area contributed by atoms with Crippen molar-refractivity contribution in [3.63, 3.8) is 0 Å². The minimum atomic E-state index is -0.276. The lowest BCUT2D eigenvalue weighted by Gasteiger charge is -2.32. The van der Waals surface area contributed by atoms with Gasteiger partial charge in [-0.05, 0) is 32.3 Å². The van der Waals surface area contributed by atoms with Crippen LogP contribution in [0.15, 0.2) is 24.3 Å². The Balaban J connectivity index is 1.52. The molecule has 3 rings (SSSR count). The van der Waals surface area contributed by atoms with Gasteiger partial charge in [-0.15, -0.1) is 0 Å². The lowest BCUT2D eigenvalue weighted by Crippen LogP contribution is -2.44. The fourth-order valence-electron chi connectivity index (χ4n) is 3.86. The molecule has 6 heteroatoms. The Morgan fingerprint density at radius 2 is 1.78 bits per heavy atom. The van der Waals surface area contributed by atoms with E-state index in [1.165, 1.54) is 5.56 Å². The van der Waals surface area contributed by atoms with Crippen molar-refractivity contribution in [2.45, 2.75) is 39.7 Å². The number of amides is 2. The van der Waals surface area contributed by atoms with Gasteiger partial charge < -0.3 is 14.5 Å². The van der Waals surface area contributed by atoms with E-state index in [0.29, 0.717) is 45.6 Å². The molecule has 1 unspecified atom stereocenters. The molecule has 2 saturated heterocycles. The average molecular weight is 372 g/mol. The Bertz CT molecular complexity index is 693. The number of hydrogen-bond donors (Lipinski definition) is 0. The minimum absolute atomic E-state index is 0.0373. The summed E-state index contributed by atoms with van der Waals surface area (Å²) >= 11 is 0. The summed E-state index contributed by atoms with van der Waals surface area (Å²) < 4.78 is 5.08. The predicted octanol–water partition coefficient (Wildman–Crippen LogP) is 2.15. The van der Waals surface area contributed by atoms with Crippen LogP contribution in [0.3, 0.4) is 0 Å². The maximum absolute atomic E-state index is 12.8. The van der Waals surface area contributed by atoms with Crippen LogP contribution >= 0.6 is 0 Å². The SMILES string of the molecule is CCOC(=O)C1CCN(C(=O)C2CC(=O)N(Cc3ccc(C)cc3)C2)CC1. The van der Waals surface area contributed by atoms with Crippen molar-refractivity contribution in [2.75, 3.05) is 26.2 Å². The first-order chi connectivity index (χ1) is 13.0. The van der Waals surface area contributed by atoms with E-state index < -0.39 is 0 Å². The van der Waals surface area contributed by atoms with Crippen LogP contribution in [0.1, 0.15) is 37.3 Å². The molecule has 0 aliphatic carbocycles. The predicted molar refractivity (Wildman–Crippen MR) is 101 cm³/mol. The van der Waals surface area contributed by atoms with Crippen molar-refractivity contribution in [1.29, 1.82) is 0 Å². The summed E-state index contributed by atoms with van der Waals surface area (Å²) in [5.41, 5.74) is 2.27. The number of benzene rings is 1. The summed E-state index contributed by atoms with van der Waals surface area (Å²) in [6.45, 7) is 6.37. The largest absolute Gasteiger partial charge is 0.466 e. The molecule has 1 aromatic rings. The van der Waals surface area contributed by atoms with Gasteiger partial charge in [0, 0.05) is 32.6 Å². The molecule has 2 heterocycles. The van der Waals surface area contributed by atoms with Crippen LogP contribution in [0.2, 0.25) is 0 Å². The molecule has 2 aliphatic rings. The van der Waals surface area contributed by atoms with Crippen molar-refractivity contribution >= 4 is 17.8 Å². The van der Waals surface area contributed by atoms with Gasteiger partial charge >= 0.3 is 5.97 Å². The second kappa shape index (κ2) is 8.55. The number of carbonyl (C=O) groups is 3. The van der Waals surface area contributed by atoms with Gasteiger partial charge in [-0.3, -0.25) is 14.4 Å². The number of esters is 1. The third kappa shape index (κ3) is 4.67. The maximum Gasteiger partial charge on any atom is 0.309 e. The van der Waals surface area contributed by atoms with Gasteiger partial charge in [-0.25, -0.2) is 0 Å². The van der Waals surface area contributed by atoms with Crippen LogP contribution in [0.4, 0.5) is 0 Å². The highest BCUT2D eigenvalue weighted by atomic mass is 16.5. The summed E-state index contributed by atoms with van der Waals surface area (Å²) in [6.07, 6.45) is 1.55. The van der Waals surface area contributed by atoms with Crippen LogP contribution < -0.4 is 0 Å². The van der Waals surface area contributed by atoms with Crippen LogP contribution in [0.5, 0.6) is 0 Å². The van der Waals surface area contributed by atoms with Crippen LogP contribution in [0.25, 0.3) is 0 Å². The third-order valence-electron chi connectivity index (χ3n) is 5.48. The first-order valence-corrected chi connectivity index (χ1v) is 9.76. The molecule has 0 N–H and O–H groups in total. The lowest BCUT2D eigenvalue weighted by atomic mass is 9.95.